The standard InChI is InChI=1S/C57H79N21O14/c1-89-41-16-12-30(72-50(85)37(58)8-4-20-68-54(60)61)25-34(41)47(82)77-39(10-6-22-70-56(64)65)52(87)74-32-14-18-43(91-3)36(27-32)49(84)78-40(11-7-23-71-57(66)67)53(88)75-31-13-17-42(90-2)35(26-31)48(83)76-38(9-5-21-69-55(62)63)51(86)73-29-15-19-44(92-28-45(79)80)33(24-29)46(59)81/h12-19,24-27,37-40H,4-11,20-23,28,58H2,1-3H3,(H2,59,81)(H,72,85)(H,73,86)(H,74,87)(H,75,88)(H,76,83)(H,77,82)(H,78,84)(H,79,80)(H4,60,61,68)(H4,62,63,69)(H4,64,65,70)(H4,66,67,71)/t37-,38-,39-,40-/m1/s1. The van der Waals surface area contributed by atoms with E-state index >= 15 is 0 Å². The highest BCUT2D eigenvalue weighted by atomic mass is 16.5. The highest BCUT2D eigenvalue weighted by Gasteiger charge is 2.29. The number of hydrogen-bond acceptors (Lipinski definition) is 18. The third-order valence-corrected chi connectivity index (χ3v) is 13.2. The maximum absolute atomic E-state index is 14.4. The topological polar surface area (TPSA) is 595 Å². The first-order valence-corrected chi connectivity index (χ1v) is 28.3. The molecule has 0 saturated carbocycles. The quantitative estimate of drug-likeness (QED) is 0.0143. The maximum Gasteiger partial charge on any atom is 0.341 e. The summed E-state index contributed by atoms with van der Waals surface area (Å²) < 4.78 is 21.6. The van der Waals surface area contributed by atoms with Crippen LogP contribution in [-0.4, -0.2) is 160 Å². The van der Waals surface area contributed by atoms with Crippen LogP contribution in [0.3, 0.4) is 0 Å². The second-order valence-electron chi connectivity index (χ2n) is 20.1. The smallest absolute Gasteiger partial charge is 0.341 e. The zero-order valence-corrected chi connectivity index (χ0v) is 50.6. The summed E-state index contributed by atoms with van der Waals surface area (Å²) in [4.78, 5) is 121. The Hall–Kier alpha value is -11.7. The van der Waals surface area contributed by atoms with E-state index in [-0.39, 0.29) is 156 Å². The molecule has 4 atom stereocenters. The van der Waals surface area contributed by atoms with Gasteiger partial charge in [-0.3, -0.25) is 60.0 Å². The fraction of sp³-hybridized carbons (Fsp3) is 0.351. The molecule has 0 aliphatic rings. The Morgan fingerprint density at radius 1 is 0.424 bits per heavy atom. The van der Waals surface area contributed by atoms with Crippen molar-refractivity contribution in [1.82, 2.24) is 37.2 Å². The number of primary amides is 1. The number of carboxylic acid groups (broad SMARTS) is 1. The molecule has 0 aromatic heterocycles. The number of rotatable bonds is 37. The number of carbonyl (C=O) groups excluding carboxylic acids is 8. The van der Waals surface area contributed by atoms with Gasteiger partial charge >= 0.3 is 5.97 Å². The molecule has 0 heterocycles. The molecule has 8 amide bonds. The Morgan fingerprint density at radius 2 is 0.707 bits per heavy atom. The van der Waals surface area contributed by atoms with Gasteiger partial charge in [0.2, 0.25) is 23.6 Å². The van der Waals surface area contributed by atoms with Crippen molar-refractivity contribution < 1.29 is 67.2 Å². The number of nitrogens with one attached hydrogen (secondary N) is 15. The van der Waals surface area contributed by atoms with Gasteiger partial charge in [-0.05, 0) is 124 Å². The number of anilines is 4. The first kappa shape index (κ1) is 72.8. The summed E-state index contributed by atoms with van der Waals surface area (Å²) >= 11 is 0. The Kier molecular flexibility index (Phi) is 29.0. The van der Waals surface area contributed by atoms with Crippen LogP contribution in [0.25, 0.3) is 0 Å². The molecule has 0 spiro atoms. The SMILES string of the molecule is COc1ccc(NC(=O)[C@H](N)CCCNC(=N)N)cc1C(=O)N[C@H](CCCNC(=N)N)C(=O)Nc1ccc(OC)c(C(=O)N[C@H](CCCNC(=N)N)C(=O)Nc2ccc(OC)c(C(=O)N[C@H](CCCNC(=N)N)C(=O)Nc3ccc(OCC(=O)O)c(C(N)=O)c3)c2)c1. The van der Waals surface area contributed by atoms with E-state index in [1.54, 1.807) is 0 Å². The molecule has 0 aliphatic heterocycles. The lowest BCUT2D eigenvalue weighted by Gasteiger charge is -2.22. The predicted molar refractivity (Wildman–Crippen MR) is 340 cm³/mol. The van der Waals surface area contributed by atoms with Gasteiger partial charge in [0.15, 0.2) is 30.4 Å². The van der Waals surface area contributed by atoms with Gasteiger partial charge in [0, 0.05) is 48.9 Å². The number of ether oxygens (including phenoxy) is 4. The van der Waals surface area contributed by atoms with Crippen LogP contribution >= 0.6 is 0 Å². The summed E-state index contributed by atoms with van der Waals surface area (Å²) in [6, 6.07) is 11.1. The molecule has 35 nitrogen and oxygen atoms in total. The molecule has 0 radical (unpaired) electrons. The molecular weight excluding hydrogens is 1200 g/mol. The maximum atomic E-state index is 14.4. The van der Waals surface area contributed by atoms with Crippen molar-refractivity contribution in [2.24, 2.45) is 34.4 Å². The van der Waals surface area contributed by atoms with Crippen molar-refractivity contribution in [3.63, 3.8) is 0 Å². The van der Waals surface area contributed by atoms with Gasteiger partial charge < -0.3 is 117 Å². The number of aliphatic carboxylic acids is 1. The number of guanidine groups is 4. The lowest BCUT2D eigenvalue weighted by Crippen LogP contribution is -2.45. The van der Waals surface area contributed by atoms with Crippen molar-refractivity contribution >= 4 is 99.8 Å². The minimum atomic E-state index is -1.35. The number of amides is 8. The van der Waals surface area contributed by atoms with Crippen LogP contribution in [0.2, 0.25) is 0 Å². The number of methoxy groups -OCH3 is 3. The van der Waals surface area contributed by atoms with E-state index < -0.39 is 84.0 Å². The van der Waals surface area contributed by atoms with Gasteiger partial charge in [-0.1, -0.05) is 0 Å². The van der Waals surface area contributed by atoms with Gasteiger partial charge in [-0.2, -0.15) is 0 Å². The van der Waals surface area contributed by atoms with Gasteiger partial charge in [-0.15, -0.1) is 0 Å². The van der Waals surface area contributed by atoms with Crippen LogP contribution in [0, 0.1) is 21.6 Å². The van der Waals surface area contributed by atoms with Crippen molar-refractivity contribution in [3.05, 3.63) is 95.1 Å². The van der Waals surface area contributed by atoms with Gasteiger partial charge in [0.25, 0.3) is 23.6 Å². The van der Waals surface area contributed by atoms with Crippen molar-refractivity contribution in [2.75, 3.05) is 75.4 Å². The lowest BCUT2D eigenvalue weighted by molar-refractivity contribution is -0.139. The van der Waals surface area contributed by atoms with E-state index in [0.717, 1.165) is 6.07 Å². The molecule has 4 rings (SSSR count). The van der Waals surface area contributed by atoms with E-state index in [1.807, 2.05) is 0 Å². The molecule has 4 aromatic rings. The van der Waals surface area contributed by atoms with Crippen LogP contribution in [0.4, 0.5) is 22.7 Å². The number of nitrogens with two attached hydrogens (primary N) is 6. The Balaban J connectivity index is 1.60. The molecule has 0 aliphatic carbocycles. The van der Waals surface area contributed by atoms with Crippen LogP contribution in [-0.2, 0) is 24.0 Å². The first-order chi connectivity index (χ1) is 43.7. The van der Waals surface area contributed by atoms with Crippen molar-refractivity contribution in [2.45, 2.75) is 75.5 Å². The zero-order valence-electron chi connectivity index (χ0n) is 50.6. The van der Waals surface area contributed by atoms with Crippen molar-refractivity contribution in [3.8, 4) is 23.0 Å². The molecule has 28 N–H and O–H groups in total. The zero-order chi connectivity index (χ0) is 68.0. The van der Waals surface area contributed by atoms with E-state index in [2.05, 4.69) is 58.5 Å². The fourth-order valence-electron chi connectivity index (χ4n) is 8.66. The Bertz CT molecular complexity index is 3370. The molecule has 0 saturated heterocycles. The average Bonchev–Trinajstić information content (AvgIpc) is 0.948. The minimum absolute atomic E-state index is 0.00179. The lowest BCUT2D eigenvalue weighted by atomic mass is 10.1. The Labute approximate surface area is 527 Å². The largest absolute Gasteiger partial charge is 0.496 e. The summed E-state index contributed by atoms with van der Waals surface area (Å²) in [6.45, 7) is -0.127. The molecule has 0 fully saturated rings. The Morgan fingerprint density at radius 3 is 0.989 bits per heavy atom. The normalized spacial score (nSPS) is 11.8. The predicted octanol–water partition coefficient (Wildman–Crippen LogP) is -1.20. The van der Waals surface area contributed by atoms with Crippen LogP contribution < -0.4 is 112 Å². The number of carboxylic acids is 1. The first-order valence-electron chi connectivity index (χ1n) is 28.3. The van der Waals surface area contributed by atoms with Crippen LogP contribution in [0.1, 0.15) is 92.8 Å². The van der Waals surface area contributed by atoms with E-state index in [9.17, 15) is 43.2 Å². The number of hydrogen-bond donors (Lipinski definition) is 22. The van der Waals surface area contributed by atoms with Gasteiger partial charge in [-0.25, -0.2) is 4.79 Å². The van der Waals surface area contributed by atoms with Crippen LogP contribution in [0.15, 0.2) is 72.8 Å². The summed E-state index contributed by atoms with van der Waals surface area (Å²) in [5, 5.41) is 68.2. The van der Waals surface area contributed by atoms with Gasteiger partial charge in [0.05, 0.1) is 49.6 Å². The highest BCUT2D eigenvalue weighted by Crippen LogP contribution is 2.28. The summed E-state index contributed by atoms with van der Waals surface area (Å²) in [7, 11) is 3.87. The molecule has 496 valence electrons. The second kappa shape index (κ2) is 36.6. The number of benzene rings is 4. The third-order valence-electron chi connectivity index (χ3n) is 13.2. The molecule has 35 heteroatoms. The summed E-state index contributed by atoms with van der Waals surface area (Å²) in [5.74, 6) is -9.09. The van der Waals surface area contributed by atoms with E-state index in [1.165, 1.54) is 88.1 Å². The number of carbonyl (C=O) groups is 9. The molecule has 92 heavy (non-hydrogen) atoms. The van der Waals surface area contributed by atoms with E-state index in [4.69, 9.17) is 80.1 Å². The molecule has 4 aromatic carbocycles. The fourth-order valence-corrected chi connectivity index (χ4v) is 8.66. The van der Waals surface area contributed by atoms with Crippen molar-refractivity contribution in [1.29, 1.82) is 21.6 Å². The molecule has 0 bridgehead atoms. The summed E-state index contributed by atoms with van der Waals surface area (Å²) in [5.41, 5.74) is 32.9. The highest BCUT2D eigenvalue weighted by molar-refractivity contribution is 6.08. The summed E-state index contributed by atoms with van der Waals surface area (Å²) in [6.07, 6.45) is 1.09. The third kappa shape index (κ3) is 24.1. The monoisotopic (exact) mass is 1280 g/mol. The van der Waals surface area contributed by atoms with Gasteiger partial charge in [0.1, 0.15) is 41.1 Å². The van der Waals surface area contributed by atoms with Crippen LogP contribution in [0.5, 0.6) is 23.0 Å². The molecular formula is C57H79N21O14. The molecule has 0 unspecified atom stereocenters. The van der Waals surface area contributed by atoms with E-state index in [0.29, 0.717) is 13.0 Å². The average molecular weight is 1280 g/mol. The minimum Gasteiger partial charge on any atom is -0.496 e. The second-order valence-corrected chi connectivity index (χ2v) is 20.1.